The number of nitrogens with one attached hydrogen (secondary N) is 1. The van der Waals surface area contributed by atoms with Crippen molar-refractivity contribution in [1.29, 1.82) is 0 Å². The van der Waals surface area contributed by atoms with E-state index in [4.69, 9.17) is 0 Å². The second kappa shape index (κ2) is 7.18. The minimum atomic E-state index is 0.0845. The minimum absolute atomic E-state index is 0.0845. The van der Waals surface area contributed by atoms with Gasteiger partial charge in [-0.2, -0.15) is 5.10 Å². The van der Waals surface area contributed by atoms with Crippen LogP contribution in [0.3, 0.4) is 0 Å². The smallest absolute Gasteiger partial charge is 0.140 e. The first-order chi connectivity index (χ1) is 9.65. The van der Waals surface area contributed by atoms with Gasteiger partial charge in [0.25, 0.3) is 0 Å². The number of rotatable bonds is 7. The van der Waals surface area contributed by atoms with Crippen molar-refractivity contribution >= 4 is 0 Å². The van der Waals surface area contributed by atoms with Gasteiger partial charge in [-0.15, -0.1) is 0 Å². The van der Waals surface area contributed by atoms with Crippen molar-refractivity contribution in [3.05, 3.63) is 12.2 Å². The van der Waals surface area contributed by atoms with E-state index in [9.17, 15) is 5.11 Å². The Labute approximate surface area is 121 Å². The molecule has 0 aromatic carbocycles. The molecule has 114 valence electrons. The number of aliphatic hydroxyl groups excluding tert-OH is 1. The molecule has 5 heteroatoms. The maximum Gasteiger partial charge on any atom is 0.140 e. The van der Waals surface area contributed by atoms with Crippen LogP contribution >= 0.6 is 0 Å². The van der Waals surface area contributed by atoms with E-state index >= 15 is 0 Å². The Morgan fingerprint density at radius 2 is 2.10 bits per heavy atom. The highest BCUT2D eigenvalue weighted by molar-refractivity contribution is 4.88. The molecule has 5 nitrogen and oxygen atoms in total. The molecular weight excluding hydrogens is 252 g/mol. The lowest BCUT2D eigenvalue weighted by Gasteiger charge is -2.35. The first kappa shape index (κ1) is 15.4. The Balaban J connectivity index is 1.84. The van der Waals surface area contributed by atoms with Gasteiger partial charge in [-0.05, 0) is 18.8 Å². The minimum Gasteiger partial charge on any atom is -0.396 e. The average Bonchev–Trinajstić information content (AvgIpc) is 2.86. The zero-order chi connectivity index (χ0) is 14.4. The topological polar surface area (TPSA) is 63.0 Å². The van der Waals surface area contributed by atoms with Crippen molar-refractivity contribution in [1.82, 2.24) is 20.1 Å². The molecule has 0 spiro atoms. The third kappa shape index (κ3) is 4.03. The largest absolute Gasteiger partial charge is 0.396 e. The third-order valence-corrected chi connectivity index (χ3v) is 4.27. The highest BCUT2D eigenvalue weighted by Gasteiger charge is 2.30. The monoisotopic (exact) mass is 280 g/mol. The first-order valence-corrected chi connectivity index (χ1v) is 7.83. The van der Waals surface area contributed by atoms with Gasteiger partial charge >= 0.3 is 0 Å². The van der Waals surface area contributed by atoms with Crippen molar-refractivity contribution in [2.24, 2.45) is 11.3 Å². The van der Waals surface area contributed by atoms with Crippen molar-refractivity contribution in [3.8, 4) is 0 Å². The molecule has 0 radical (unpaired) electrons. The summed E-state index contributed by atoms with van der Waals surface area (Å²) in [6, 6.07) is 0. The Kier molecular flexibility index (Phi) is 5.54. The van der Waals surface area contributed by atoms with E-state index in [0.29, 0.717) is 12.5 Å². The van der Waals surface area contributed by atoms with Gasteiger partial charge in [-0.3, -0.25) is 0 Å². The summed E-state index contributed by atoms with van der Waals surface area (Å²) >= 11 is 0. The summed E-state index contributed by atoms with van der Waals surface area (Å²) in [6.45, 7) is 7.16. The molecule has 0 saturated heterocycles. The SMILES string of the molecule is CC(C)Cn1ncnc1CNCC1(CO)CCCCC1. The molecule has 0 amide bonds. The fraction of sp³-hybridized carbons (Fsp3) is 0.867. The van der Waals surface area contributed by atoms with Gasteiger partial charge in [0.15, 0.2) is 0 Å². The van der Waals surface area contributed by atoms with Gasteiger partial charge in [-0.1, -0.05) is 33.1 Å². The lowest BCUT2D eigenvalue weighted by Crippen LogP contribution is -2.39. The molecule has 1 aliphatic rings. The second-order valence-electron chi connectivity index (χ2n) is 6.57. The molecule has 20 heavy (non-hydrogen) atoms. The molecule has 0 unspecified atom stereocenters. The molecule has 1 aromatic heterocycles. The van der Waals surface area contributed by atoms with Crippen LogP contribution in [0.25, 0.3) is 0 Å². The summed E-state index contributed by atoms with van der Waals surface area (Å²) < 4.78 is 1.98. The highest BCUT2D eigenvalue weighted by atomic mass is 16.3. The fourth-order valence-electron chi connectivity index (χ4n) is 3.06. The summed E-state index contributed by atoms with van der Waals surface area (Å²) in [5.41, 5.74) is 0.0845. The maximum atomic E-state index is 9.70. The summed E-state index contributed by atoms with van der Waals surface area (Å²) in [7, 11) is 0. The van der Waals surface area contributed by atoms with Crippen molar-refractivity contribution < 1.29 is 5.11 Å². The molecule has 2 rings (SSSR count). The summed E-state index contributed by atoms with van der Waals surface area (Å²) in [4.78, 5) is 4.33. The zero-order valence-electron chi connectivity index (χ0n) is 12.8. The average molecular weight is 280 g/mol. The predicted molar refractivity (Wildman–Crippen MR) is 79.2 cm³/mol. The van der Waals surface area contributed by atoms with Gasteiger partial charge in [0.1, 0.15) is 12.2 Å². The van der Waals surface area contributed by atoms with Crippen LogP contribution in [0.15, 0.2) is 6.33 Å². The predicted octanol–water partition coefficient (Wildman–Crippen LogP) is 1.97. The molecule has 1 aliphatic carbocycles. The van der Waals surface area contributed by atoms with Crippen LogP contribution in [0.4, 0.5) is 0 Å². The van der Waals surface area contributed by atoms with Crippen molar-refractivity contribution in [3.63, 3.8) is 0 Å². The van der Waals surface area contributed by atoms with E-state index < -0.39 is 0 Å². The van der Waals surface area contributed by atoms with Crippen LogP contribution in [-0.4, -0.2) is 33.0 Å². The number of aliphatic hydroxyl groups is 1. The number of nitrogens with zero attached hydrogens (tertiary/aromatic N) is 3. The fourth-order valence-corrected chi connectivity index (χ4v) is 3.06. The second-order valence-corrected chi connectivity index (χ2v) is 6.57. The quantitative estimate of drug-likeness (QED) is 0.801. The van der Waals surface area contributed by atoms with Gasteiger partial charge < -0.3 is 10.4 Å². The molecular formula is C15H28N4O. The van der Waals surface area contributed by atoms with E-state index in [0.717, 1.165) is 38.3 Å². The Hall–Kier alpha value is -0.940. The van der Waals surface area contributed by atoms with Crippen LogP contribution < -0.4 is 5.32 Å². The zero-order valence-corrected chi connectivity index (χ0v) is 12.8. The van der Waals surface area contributed by atoms with E-state index in [1.165, 1.54) is 19.3 Å². The Bertz CT molecular complexity index is 396. The van der Waals surface area contributed by atoms with Crippen LogP contribution in [-0.2, 0) is 13.1 Å². The lowest BCUT2D eigenvalue weighted by molar-refractivity contribution is 0.0807. The lowest BCUT2D eigenvalue weighted by atomic mass is 9.74. The van der Waals surface area contributed by atoms with Crippen molar-refractivity contribution in [2.45, 2.75) is 59.0 Å². The number of hydrogen-bond acceptors (Lipinski definition) is 4. The standard InChI is InChI=1S/C15H28N4O/c1-13(2)9-19-14(17-12-18-19)8-16-10-15(11-20)6-4-3-5-7-15/h12-13,16,20H,3-11H2,1-2H3. The molecule has 1 saturated carbocycles. The van der Waals surface area contributed by atoms with Crippen LogP contribution in [0.1, 0.15) is 51.8 Å². The Morgan fingerprint density at radius 1 is 1.35 bits per heavy atom. The third-order valence-electron chi connectivity index (χ3n) is 4.27. The molecule has 0 atom stereocenters. The van der Waals surface area contributed by atoms with Gasteiger partial charge in [0.05, 0.1) is 6.54 Å². The maximum absolute atomic E-state index is 9.70. The Morgan fingerprint density at radius 3 is 2.75 bits per heavy atom. The first-order valence-electron chi connectivity index (χ1n) is 7.83. The van der Waals surface area contributed by atoms with E-state index in [1.54, 1.807) is 6.33 Å². The van der Waals surface area contributed by atoms with E-state index in [1.807, 2.05) is 4.68 Å². The summed E-state index contributed by atoms with van der Waals surface area (Å²) in [5, 5.41) is 17.5. The molecule has 0 bridgehead atoms. The van der Waals surface area contributed by atoms with Gasteiger partial charge in [0.2, 0.25) is 0 Å². The molecule has 1 aromatic rings. The normalized spacial score (nSPS) is 18.6. The summed E-state index contributed by atoms with van der Waals surface area (Å²) in [6.07, 6.45) is 7.69. The summed E-state index contributed by atoms with van der Waals surface area (Å²) in [5.74, 6) is 1.56. The van der Waals surface area contributed by atoms with E-state index in [2.05, 4.69) is 29.2 Å². The highest BCUT2D eigenvalue weighted by Crippen LogP contribution is 2.35. The molecule has 2 N–H and O–H groups in total. The van der Waals surface area contributed by atoms with E-state index in [-0.39, 0.29) is 5.41 Å². The van der Waals surface area contributed by atoms with Gasteiger partial charge in [0, 0.05) is 25.1 Å². The van der Waals surface area contributed by atoms with Crippen LogP contribution in [0.2, 0.25) is 0 Å². The molecule has 1 heterocycles. The number of aromatic nitrogens is 3. The van der Waals surface area contributed by atoms with Crippen LogP contribution in [0, 0.1) is 11.3 Å². The van der Waals surface area contributed by atoms with Gasteiger partial charge in [-0.25, -0.2) is 9.67 Å². The molecule has 0 aliphatic heterocycles. The van der Waals surface area contributed by atoms with Crippen molar-refractivity contribution in [2.75, 3.05) is 13.2 Å². The van der Waals surface area contributed by atoms with Crippen LogP contribution in [0.5, 0.6) is 0 Å². The molecule has 1 fully saturated rings. The number of hydrogen-bond donors (Lipinski definition) is 2.